The van der Waals surface area contributed by atoms with Crippen LogP contribution in [0.5, 0.6) is 0 Å². The molecule has 0 amide bonds. The van der Waals surface area contributed by atoms with Crippen molar-refractivity contribution >= 4 is 40.3 Å². The second-order valence-electron chi connectivity index (χ2n) is 7.25. The van der Waals surface area contributed by atoms with Gasteiger partial charge in [0.05, 0.1) is 11.1 Å². The largest absolute Gasteiger partial charge is 0.352 e. The molecule has 2 aromatic heterocycles. The molecule has 9 heteroatoms. The van der Waals surface area contributed by atoms with Gasteiger partial charge in [-0.3, -0.25) is 5.32 Å². The number of aliphatic imine (C=N–C) groups is 1. The van der Waals surface area contributed by atoms with Crippen LogP contribution < -0.4 is 10.2 Å². The average molecular weight is 421 g/mol. The summed E-state index contributed by atoms with van der Waals surface area (Å²) < 4.78 is 0. The van der Waals surface area contributed by atoms with Gasteiger partial charge in [0.25, 0.3) is 0 Å². The van der Waals surface area contributed by atoms with E-state index in [1.165, 1.54) is 0 Å². The first-order chi connectivity index (χ1) is 14.6. The molecule has 1 fully saturated rings. The Bertz CT molecular complexity index is 1120. The minimum absolute atomic E-state index is 0.145. The lowest BCUT2D eigenvalue weighted by atomic mass is 10.1. The smallest absolute Gasteiger partial charge is 0.212 e. The highest BCUT2D eigenvalue weighted by molar-refractivity contribution is 7.98. The van der Waals surface area contributed by atoms with Crippen LogP contribution in [0.3, 0.4) is 0 Å². The maximum atomic E-state index is 9.28. The molecule has 4 rings (SSSR count). The molecule has 0 unspecified atom stereocenters. The summed E-state index contributed by atoms with van der Waals surface area (Å²) in [7, 11) is 0. The van der Waals surface area contributed by atoms with E-state index in [1.54, 1.807) is 18.1 Å². The Morgan fingerprint density at radius 3 is 3.00 bits per heavy atom. The van der Waals surface area contributed by atoms with E-state index < -0.39 is 0 Å². The van der Waals surface area contributed by atoms with Gasteiger partial charge in [-0.15, -0.1) is 11.8 Å². The van der Waals surface area contributed by atoms with Crippen LogP contribution in [0.25, 0.3) is 11.0 Å². The van der Waals surface area contributed by atoms with Crippen molar-refractivity contribution in [2.75, 3.05) is 30.8 Å². The van der Waals surface area contributed by atoms with Gasteiger partial charge < -0.3 is 14.8 Å². The van der Waals surface area contributed by atoms with Gasteiger partial charge in [0.1, 0.15) is 17.8 Å². The second kappa shape index (κ2) is 8.63. The predicted molar refractivity (Wildman–Crippen MR) is 121 cm³/mol. The molecule has 0 saturated carbocycles. The molecule has 2 N–H and O–H groups in total. The second-order valence-corrected chi connectivity index (χ2v) is 8.13. The van der Waals surface area contributed by atoms with Crippen molar-refractivity contribution in [3.8, 4) is 6.19 Å². The SMILES string of the molecule is CSc1cccc(N=C(NC#N)N2CCN(c3ncnc4[nH]cc(C)c34)C[C@@H]2C)c1. The van der Waals surface area contributed by atoms with E-state index in [-0.39, 0.29) is 6.04 Å². The van der Waals surface area contributed by atoms with Crippen molar-refractivity contribution in [1.82, 2.24) is 25.2 Å². The Morgan fingerprint density at radius 1 is 1.37 bits per heavy atom. The Hall–Kier alpha value is -3.25. The van der Waals surface area contributed by atoms with Crippen LogP contribution in [0, 0.1) is 18.4 Å². The number of rotatable bonds is 3. The Labute approximate surface area is 180 Å². The number of nitrogens with zero attached hydrogens (tertiary/aromatic N) is 6. The summed E-state index contributed by atoms with van der Waals surface area (Å²) in [5.41, 5.74) is 2.82. The molecule has 1 aliphatic rings. The average Bonchev–Trinajstić information content (AvgIpc) is 3.15. The summed E-state index contributed by atoms with van der Waals surface area (Å²) in [6.07, 6.45) is 7.65. The van der Waals surface area contributed by atoms with Gasteiger partial charge in [0.2, 0.25) is 5.96 Å². The molecular weight excluding hydrogens is 396 g/mol. The van der Waals surface area contributed by atoms with Crippen molar-refractivity contribution in [1.29, 1.82) is 5.26 Å². The molecule has 154 valence electrons. The molecule has 1 aromatic carbocycles. The van der Waals surface area contributed by atoms with Crippen LogP contribution in [0.1, 0.15) is 12.5 Å². The van der Waals surface area contributed by atoms with E-state index in [0.29, 0.717) is 5.96 Å². The minimum atomic E-state index is 0.145. The van der Waals surface area contributed by atoms with E-state index in [1.807, 2.05) is 42.9 Å². The molecule has 0 aliphatic carbocycles. The Balaban J connectivity index is 1.58. The number of aromatic amines is 1. The summed E-state index contributed by atoms with van der Waals surface area (Å²) in [5.74, 6) is 1.53. The maximum Gasteiger partial charge on any atom is 0.212 e. The van der Waals surface area contributed by atoms with Gasteiger partial charge in [-0.2, -0.15) is 5.26 Å². The Morgan fingerprint density at radius 2 is 2.23 bits per heavy atom. The van der Waals surface area contributed by atoms with Crippen molar-refractivity contribution < 1.29 is 0 Å². The van der Waals surface area contributed by atoms with Crippen LogP contribution in [0.4, 0.5) is 11.5 Å². The molecule has 0 bridgehead atoms. The first-order valence-electron chi connectivity index (χ1n) is 9.79. The number of hydrogen-bond acceptors (Lipinski definition) is 6. The summed E-state index contributed by atoms with van der Waals surface area (Å²) >= 11 is 1.67. The number of aryl methyl sites for hydroxylation is 1. The number of H-pyrrole nitrogens is 1. The number of nitriles is 1. The number of piperazine rings is 1. The van der Waals surface area contributed by atoms with Crippen LogP contribution >= 0.6 is 11.8 Å². The lowest BCUT2D eigenvalue weighted by Gasteiger charge is -2.41. The quantitative estimate of drug-likeness (QED) is 0.221. The van der Waals surface area contributed by atoms with E-state index in [2.05, 4.69) is 43.9 Å². The zero-order valence-electron chi connectivity index (χ0n) is 17.3. The lowest BCUT2D eigenvalue weighted by molar-refractivity contribution is 0.291. The fourth-order valence-electron chi connectivity index (χ4n) is 3.82. The molecule has 8 nitrogen and oxygen atoms in total. The fourth-order valence-corrected chi connectivity index (χ4v) is 4.27. The van der Waals surface area contributed by atoms with Crippen LogP contribution in [0.2, 0.25) is 0 Å². The highest BCUT2D eigenvalue weighted by atomic mass is 32.2. The molecule has 3 aromatic rings. The topological polar surface area (TPSA) is 96.2 Å². The van der Waals surface area contributed by atoms with Gasteiger partial charge in [0.15, 0.2) is 6.19 Å². The van der Waals surface area contributed by atoms with Gasteiger partial charge in [0, 0.05) is 36.8 Å². The molecule has 0 spiro atoms. The number of benzene rings is 1. The van der Waals surface area contributed by atoms with Crippen molar-refractivity contribution in [3.05, 3.63) is 42.4 Å². The number of nitrogens with one attached hydrogen (secondary N) is 2. The van der Waals surface area contributed by atoms with E-state index >= 15 is 0 Å². The van der Waals surface area contributed by atoms with Crippen molar-refractivity contribution in [2.24, 2.45) is 4.99 Å². The first kappa shape index (κ1) is 20.0. The number of guanidine groups is 1. The van der Waals surface area contributed by atoms with E-state index in [4.69, 9.17) is 4.99 Å². The van der Waals surface area contributed by atoms with Crippen LogP contribution in [-0.2, 0) is 0 Å². The van der Waals surface area contributed by atoms with Crippen molar-refractivity contribution in [3.63, 3.8) is 0 Å². The zero-order chi connectivity index (χ0) is 21.1. The monoisotopic (exact) mass is 420 g/mol. The van der Waals surface area contributed by atoms with Crippen molar-refractivity contribution in [2.45, 2.75) is 24.8 Å². The van der Waals surface area contributed by atoms with Gasteiger partial charge in [-0.05, 0) is 43.9 Å². The number of fused-ring (bicyclic) bond motifs is 1. The summed E-state index contributed by atoms with van der Waals surface area (Å²) in [5, 5.41) is 13.1. The highest BCUT2D eigenvalue weighted by Crippen LogP contribution is 2.28. The van der Waals surface area contributed by atoms with Gasteiger partial charge >= 0.3 is 0 Å². The number of aromatic nitrogens is 3. The zero-order valence-corrected chi connectivity index (χ0v) is 18.1. The minimum Gasteiger partial charge on any atom is -0.352 e. The Kier molecular flexibility index (Phi) is 5.77. The molecule has 0 radical (unpaired) electrons. The summed E-state index contributed by atoms with van der Waals surface area (Å²) in [6, 6.07) is 8.15. The third-order valence-corrected chi connectivity index (χ3v) is 6.03. The molecule has 1 aliphatic heterocycles. The summed E-state index contributed by atoms with van der Waals surface area (Å²) in [6.45, 7) is 6.48. The first-order valence-corrected chi connectivity index (χ1v) is 11.0. The van der Waals surface area contributed by atoms with Crippen LogP contribution in [-0.4, -0.2) is 57.7 Å². The summed E-state index contributed by atoms with van der Waals surface area (Å²) in [4.78, 5) is 22.4. The maximum absolute atomic E-state index is 9.28. The number of anilines is 1. The molecule has 30 heavy (non-hydrogen) atoms. The molecule has 1 saturated heterocycles. The van der Waals surface area contributed by atoms with Gasteiger partial charge in [-0.1, -0.05) is 6.07 Å². The molecular formula is C21H24N8S. The molecule has 3 heterocycles. The lowest BCUT2D eigenvalue weighted by Crippen LogP contribution is -2.56. The third-order valence-electron chi connectivity index (χ3n) is 5.30. The highest BCUT2D eigenvalue weighted by Gasteiger charge is 2.28. The van der Waals surface area contributed by atoms with Crippen LogP contribution in [0.15, 0.2) is 46.7 Å². The standard InChI is InChI=1S/C21H24N8S/c1-14-10-23-19-18(14)20(26-13-25-19)28-7-8-29(15(2)11-28)21(24-12-22)27-16-5-4-6-17(9-16)30-3/h4-6,9-10,13,15H,7-8,11H2,1-3H3,(H,24,27)(H,23,25,26)/t15-/m0/s1. The normalized spacial score (nSPS) is 17.3. The van der Waals surface area contributed by atoms with E-state index in [9.17, 15) is 5.26 Å². The fraction of sp³-hybridized carbons (Fsp3) is 0.333. The predicted octanol–water partition coefficient (Wildman–Crippen LogP) is 3.26. The van der Waals surface area contributed by atoms with E-state index in [0.717, 1.165) is 52.6 Å². The molecule has 1 atom stereocenters. The third kappa shape index (κ3) is 3.91. The number of hydrogen-bond donors (Lipinski definition) is 2. The number of thioether (sulfide) groups is 1. The van der Waals surface area contributed by atoms with Gasteiger partial charge in [-0.25, -0.2) is 15.0 Å².